The second-order valence-electron chi connectivity index (χ2n) is 6.10. The maximum Gasteiger partial charge on any atom is 0.263 e. The van der Waals surface area contributed by atoms with Crippen molar-refractivity contribution in [3.8, 4) is 6.07 Å². The van der Waals surface area contributed by atoms with E-state index in [2.05, 4.69) is 28.8 Å². The third-order valence-electron chi connectivity index (χ3n) is 4.29. The largest absolute Gasteiger partial charge is 0.390 e. The van der Waals surface area contributed by atoms with Crippen LogP contribution in [0.5, 0.6) is 0 Å². The van der Waals surface area contributed by atoms with E-state index in [-0.39, 0.29) is 17.5 Å². The molecule has 1 aliphatic rings. The first-order valence-electron chi connectivity index (χ1n) is 8.48. The average Bonchev–Trinajstić information content (AvgIpc) is 2.61. The molecule has 1 aliphatic carbocycles. The lowest BCUT2D eigenvalue weighted by Gasteiger charge is -2.20. The minimum atomic E-state index is -0.360. The van der Waals surface area contributed by atoms with Gasteiger partial charge in [-0.1, -0.05) is 18.2 Å². The summed E-state index contributed by atoms with van der Waals surface area (Å²) in [7, 11) is 0. The van der Waals surface area contributed by atoms with Gasteiger partial charge in [0.2, 0.25) is 0 Å². The first kappa shape index (κ1) is 18.4. The second-order valence-corrected chi connectivity index (χ2v) is 6.47. The van der Waals surface area contributed by atoms with Crippen LogP contribution in [0, 0.1) is 11.3 Å². The molecule has 0 spiro atoms. The molecule has 0 fully saturated rings. The quantitative estimate of drug-likeness (QED) is 0.344. The molecule has 0 aromatic heterocycles. The fourth-order valence-electron chi connectivity index (χ4n) is 2.87. The van der Waals surface area contributed by atoms with Gasteiger partial charge in [-0.25, -0.2) is 0 Å². The molecule has 2 rings (SSSR count). The molecule has 0 radical (unpaired) electrons. The summed E-state index contributed by atoms with van der Waals surface area (Å²) in [5.41, 5.74) is 3.97. The molecule has 1 aromatic rings. The number of alkyl halides is 1. The Hall–Kier alpha value is -1.99. The van der Waals surface area contributed by atoms with Crippen LogP contribution in [0.4, 0.5) is 0 Å². The van der Waals surface area contributed by atoms with E-state index in [1.165, 1.54) is 30.2 Å². The molecule has 1 atom stereocenters. The molecule has 0 aliphatic heterocycles. The molecule has 0 saturated carbocycles. The zero-order valence-corrected chi connectivity index (χ0v) is 14.8. The molecule has 1 aromatic carbocycles. The summed E-state index contributed by atoms with van der Waals surface area (Å²) >= 11 is 5.60. The van der Waals surface area contributed by atoms with Gasteiger partial charge in [0, 0.05) is 18.6 Å². The zero-order valence-electron chi connectivity index (χ0n) is 14.1. The Labute approximate surface area is 148 Å². The number of amides is 1. The third-order valence-corrected chi connectivity index (χ3v) is 4.55. The van der Waals surface area contributed by atoms with E-state index in [9.17, 15) is 4.79 Å². The zero-order chi connectivity index (χ0) is 17.4. The fraction of sp³-hybridized carbons (Fsp3) is 0.474. The standard InChI is InChI=1S/C19H24ClN3O/c1-14(16-8-7-15-5-2-3-6-17(15)11-16)23-19(24)18(12-21)13-22-10-4-9-20/h7-8,11,13-14,22H,2-6,9-10H2,1H3,(H,23,24)/b18-13-. The van der Waals surface area contributed by atoms with Crippen molar-refractivity contribution in [3.63, 3.8) is 0 Å². The third kappa shape index (κ3) is 5.01. The van der Waals surface area contributed by atoms with Crippen molar-refractivity contribution in [3.05, 3.63) is 46.7 Å². The molecule has 0 saturated heterocycles. The van der Waals surface area contributed by atoms with Crippen molar-refractivity contribution < 1.29 is 4.79 Å². The smallest absolute Gasteiger partial charge is 0.263 e. The van der Waals surface area contributed by atoms with E-state index in [4.69, 9.17) is 16.9 Å². The minimum Gasteiger partial charge on any atom is -0.390 e. The maximum absolute atomic E-state index is 12.2. The van der Waals surface area contributed by atoms with E-state index in [1.54, 1.807) is 0 Å². The Bertz CT molecular complexity index is 649. The number of nitriles is 1. The number of halogens is 1. The summed E-state index contributed by atoms with van der Waals surface area (Å²) in [4.78, 5) is 12.2. The second kappa shape index (κ2) is 9.34. The van der Waals surface area contributed by atoms with Crippen molar-refractivity contribution in [2.24, 2.45) is 0 Å². The van der Waals surface area contributed by atoms with Crippen LogP contribution in [0.2, 0.25) is 0 Å². The molecule has 4 nitrogen and oxygen atoms in total. The van der Waals surface area contributed by atoms with Gasteiger partial charge in [0.25, 0.3) is 5.91 Å². The summed E-state index contributed by atoms with van der Waals surface area (Å²) in [6.07, 6.45) is 6.98. The molecule has 2 N–H and O–H groups in total. The van der Waals surface area contributed by atoms with Crippen LogP contribution >= 0.6 is 11.6 Å². The van der Waals surface area contributed by atoms with Gasteiger partial charge in [-0.05, 0) is 55.7 Å². The number of aryl methyl sites for hydroxylation is 2. The summed E-state index contributed by atoms with van der Waals surface area (Å²) < 4.78 is 0. The highest BCUT2D eigenvalue weighted by Crippen LogP contribution is 2.24. The number of nitrogens with zero attached hydrogens (tertiary/aromatic N) is 1. The van der Waals surface area contributed by atoms with Gasteiger partial charge in [0.1, 0.15) is 11.6 Å². The fourth-order valence-corrected chi connectivity index (χ4v) is 3.01. The molecular formula is C19H24ClN3O. The highest BCUT2D eigenvalue weighted by molar-refractivity contribution is 6.17. The number of fused-ring (bicyclic) bond motifs is 1. The summed E-state index contributed by atoms with van der Waals surface area (Å²) in [6.45, 7) is 2.58. The maximum atomic E-state index is 12.2. The molecule has 1 unspecified atom stereocenters. The van der Waals surface area contributed by atoms with Crippen LogP contribution < -0.4 is 10.6 Å². The van der Waals surface area contributed by atoms with E-state index in [1.807, 2.05) is 13.0 Å². The number of nitrogens with one attached hydrogen (secondary N) is 2. The predicted molar refractivity (Wildman–Crippen MR) is 96.7 cm³/mol. The van der Waals surface area contributed by atoms with Crippen molar-refractivity contribution in [2.75, 3.05) is 12.4 Å². The van der Waals surface area contributed by atoms with Crippen molar-refractivity contribution >= 4 is 17.5 Å². The highest BCUT2D eigenvalue weighted by atomic mass is 35.5. The van der Waals surface area contributed by atoms with Crippen molar-refractivity contribution in [2.45, 2.75) is 45.1 Å². The monoisotopic (exact) mass is 345 g/mol. The Kier molecular flexibility index (Phi) is 7.14. The van der Waals surface area contributed by atoms with Gasteiger partial charge in [-0.15, -0.1) is 11.6 Å². The lowest BCUT2D eigenvalue weighted by Crippen LogP contribution is -2.28. The van der Waals surface area contributed by atoms with Gasteiger partial charge in [0.15, 0.2) is 0 Å². The Morgan fingerprint density at radius 2 is 2.12 bits per heavy atom. The summed E-state index contributed by atoms with van der Waals surface area (Å²) in [5.74, 6) is 0.186. The molecular weight excluding hydrogens is 322 g/mol. The van der Waals surface area contributed by atoms with Crippen LogP contribution in [0.25, 0.3) is 0 Å². The number of hydrogen-bond donors (Lipinski definition) is 2. The average molecular weight is 346 g/mol. The minimum absolute atomic E-state index is 0.0781. The Balaban J connectivity index is 1.98. The number of benzene rings is 1. The van der Waals surface area contributed by atoms with E-state index in [0.717, 1.165) is 24.8 Å². The predicted octanol–water partition coefficient (Wildman–Crippen LogP) is 3.37. The first-order chi connectivity index (χ1) is 11.7. The van der Waals surface area contributed by atoms with Crippen LogP contribution in [0.15, 0.2) is 30.0 Å². The Morgan fingerprint density at radius 3 is 2.83 bits per heavy atom. The van der Waals surface area contributed by atoms with Crippen LogP contribution in [0.3, 0.4) is 0 Å². The summed E-state index contributed by atoms with van der Waals surface area (Å²) in [5, 5.41) is 15.0. The lowest BCUT2D eigenvalue weighted by atomic mass is 9.89. The number of carbonyl (C=O) groups excluding carboxylic acids is 1. The van der Waals surface area contributed by atoms with Gasteiger partial charge in [-0.2, -0.15) is 5.26 Å². The Morgan fingerprint density at radius 1 is 1.38 bits per heavy atom. The van der Waals surface area contributed by atoms with Crippen LogP contribution in [-0.4, -0.2) is 18.3 Å². The molecule has 1 amide bonds. The van der Waals surface area contributed by atoms with E-state index < -0.39 is 0 Å². The molecule has 0 bridgehead atoms. The van der Waals surface area contributed by atoms with Gasteiger partial charge >= 0.3 is 0 Å². The molecule has 24 heavy (non-hydrogen) atoms. The lowest BCUT2D eigenvalue weighted by molar-refractivity contribution is -0.117. The SMILES string of the molecule is CC(NC(=O)/C(C#N)=C\NCCCCl)c1ccc2c(c1)CCCC2. The molecule has 0 heterocycles. The van der Waals surface area contributed by atoms with Crippen molar-refractivity contribution in [1.82, 2.24) is 10.6 Å². The topological polar surface area (TPSA) is 64.9 Å². The van der Waals surface area contributed by atoms with E-state index >= 15 is 0 Å². The van der Waals surface area contributed by atoms with E-state index in [0.29, 0.717) is 12.4 Å². The first-order valence-corrected chi connectivity index (χ1v) is 9.01. The normalized spacial score (nSPS) is 15.1. The molecule has 128 valence electrons. The summed E-state index contributed by atoms with van der Waals surface area (Å²) in [6, 6.07) is 8.23. The van der Waals surface area contributed by atoms with Crippen LogP contribution in [-0.2, 0) is 17.6 Å². The van der Waals surface area contributed by atoms with Crippen molar-refractivity contribution in [1.29, 1.82) is 5.26 Å². The van der Waals surface area contributed by atoms with Gasteiger partial charge in [-0.3, -0.25) is 4.79 Å². The van der Waals surface area contributed by atoms with Crippen LogP contribution in [0.1, 0.15) is 48.9 Å². The van der Waals surface area contributed by atoms with Gasteiger partial charge in [0.05, 0.1) is 6.04 Å². The molecule has 5 heteroatoms. The van der Waals surface area contributed by atoms with Gasteiger partial charge < -0.3 is 10.6 Å². The number of carbonyl (C=O) groups is 1. The highest BCUT2D eigenvalue weighted by Gasteiger charge is 2.16. The number of hydrogen-bond acceptors (Lipinski definition) is 3. The number of rotatable bonds is 7.